The third kappa shape index (κ3) is 2.37. The lowest BCUT2D eigenvalue weighted by Crippen LogP contribution is -2.24. The molecule has 3 heteroatoms. The van der Waals surface area contributed by atoms with E-state index in [0.29, 0.717) is 0 Å². The molecule has 1 heterocycles. The summed E-state index contributed by atoms with van der Waals surface area (Å²) in [7, 11) is 1.95. The molecular formula is C12H16N2O. The molecule has 0 saturated carbocycles. The molecule has 0 fully saturated rings. The van der Waals surface area contributed by atoms with Crippen molar-refractivity contribution < 1.29 is 4.42 Å². The van der Waals surface area contributed by atoms with Crippen molar-refractivity contribution in [3.8, 4) is 0 Å². The summed E-state index contributed by atoms with van der Waals surface area (Å²) in [5.74, 6) is 0. The van der Waals surface area contributed by atoms with E-state index in [2.05, 4.69) is 16.7 Å². The molecule has 0 aliphatic heterocycles. The molecule has 0 amide bonds. The fourth-order valence-corrected chi connectivity index (χ4v) is 1.61. The maximum atomic E-state index is 5.45. The molecule has 3 nitrogen and oxygen atoms in total. The molecule has 1 aromatic carbocycles. The zero-order chi connectivity index (χ0) is 10.5. The summed E-state index contributed by atoms with van der Waals surface area (Å²) in [4.78, 5) is 0. The van der Waals surface area contributed by atoms with Crippen molar-refractivity contribution in [1.82, 2.24) is 10.6 Å². The molecule has 0 aliphatic rings. The van der Waals surface area contributed by atoms with Gasteiger partial charge in [-0.25, -0.2) is 0 Å². The molecule has 2 aromatic rings. The van der Waals surface area contributed by atoms with Crippen LogP contribution in [0.1, 0.15) is 5.56 Å². The second-order valence-electron chi connectivity index (χ2n) is 3.54. The van der Waals surface area contributed by atoms with Crippen LogP contribution in [0.15, 0.2) is 34.9 Å². The minimum Gasteiger partial charge on any atom is -0.464 e. The molecule has 2 rings (SSSR count). The van der Waals surface area contributed by atoms with E-state index in [9.17, 15) is 0 Å². The van der Waals surface area contributed by atoms with E-state index >= 15 is 0 Å². The van der Waals surface area contributed by atoms with E-state index < -0.39 is 0 Å². The van der Waals surface area contributed by atoms with Gasteiger partial charge in [-0.3, -0.25) is 0 Å². The number of para-hydroxylation sites is 1. The lowest BCUT2D eigenvalue weighted by molar-refractivity contribution is 0.599. The number of rotatable bonds is 5. The highest BCUT2D eigenvalue weighted by molar-refractivity contribution is 5.80. The molecular weight excluding hydrogens is 188 g/mol. The maximum Gasteiger partial charge on any atom is 0.134 e. The lowest BCUT2D eigenvalue weighted by atomic mass is 10.2. The highest BCUT2D eigenvalue weighted by atomic mass is 16.3. The monoisotopic (exact) mass is 204 g/mol. The Kier molecular flexibility index (Phi) is 3.37. The number of hydrogen-bond donors (Lipinski definition) is 2. The SMILES string of the molecule is CNCCNCc1coc2ccccc12. The van der Waals surface area contributed by atoms with Crippen LogP contribution in [0.3, 0.4) is 0 Å². The van der Waals surface area contributed by atoms with Gasteiger partial charge in [-0.15, -0.1) is 0 Å². The van der Waals surface area contributed by atoms with Crippen molar-refractivity contribution >= 4 is 11.0 Å². The summed E-state index contributed by atoms with van der Waals surface area (Å²) in [5, 5.41) is 7.66. The van der Waals surface area contributed by atoms with Crippen LogP contribution in [0.5, 0.6) is 0 Å². The average Bonchev–Trinajstić information content (AvgIpc) is 2.68. The molecule has 15 heavy (non-hydrogen) atoms. The van der Waals surface area contributed by atoms with Crippen LogP contribution in [0.25, 0.3) is 11.0 Å². The summed E-state index contributed by atoms with van der Waals surface area (Å²) in [6.07, 6.45) is 1.83. The van der Waals surface area contributed by atoms with Gasteiger partial charge in [0.15, 0.2) is 0 Å². The van der Waals surface area contributed by atoms with Gasteiger partial charge in [0.1, 0.15) is 5.58 Å². The summed E-state index contributed by atoms with van der Waals surface area (Å²) >= 11 is 0. The number of benzene rings is 1. The Morgan fingerprint density at radius 1 is 1.20 bits per heavy atom. The Labute approximate surface area is 89.5 Å². The van der Waals surface area contributed by atoms with Crippen LogP contribution < -0.4 is 10.6 Å². The van der Waals surface area contributed by atoms with E-state index in [1.807, 2.05) is 31.5 Å². The number of nitrogens with one attached hydrogen (secondary N) is 2. The summed E-state index contributed by atoms with van der Waals surface area (Å²) < 4.78 is 5.45. The van der Waals surface area contributed by atoms with Gasteiger partial charge in [0.2, 0.25) is 0 Å². The quantitative estimate of drug-likeness (QED) is 0.728. The Morgan fingerprint density at radius 3 is 2.93 bits per heavy atom. The van der Waals surface area contributed by atoms with Crippen LogP contribution in [-0.4, -0.2) is 20.1 Å². The minimum absolute atomic E-state index is 0.860. The van der Waals surface area contributed by atoms with Gasteiger partial charge in [-0.2, -0.15) is 0 Å². The molecule has 1 aromatic heterocycles. The highest BCUT2D eigenvalue weighted by Crippen LogP contribution is 2.20. The Morgan fingerprint density at radius 2 is 2.07 bits per heavy atom. The Bertz CT molecular complexity index is 422. The average molecular weight is 204 g/mol. The van der Waals surface area contributed by atoms with Crippen molar-refractivity contribution in [3.05, 3.63) is 36.1 Å². The summed E-state index contributed by atoms with van der Waals surface area (Å²) in [5.41, 5.74) is 2.18. The molecule has 0 radical (unpaired) electrons. The zero-order valence-electron chi connectivity index (χ0n) is 8.92. The van der Waals surface area contributed by atoms with Crippen molar-refractivity contribution in [3.63, 3.8) is 0 Å². The van der Waals surface area contributed by atoms with E-state index in [1.54, 1.807) is 0 Å². The van der Waals surface area contributed by atoms with E-state index in [-0.39, 0.29) is 0 Å². The fraction of sp³-hybridized carbons (Fsp3) is 0.333. The van der Waals surface area contributed by atoms with Gasteiger partial charge in [-0.1, -0.05) is 18.2 Å². The molecule has 2 N–H and O–H groups in total. The Balaban J connectivity index is 2.02. The number of furan rings is 1. The van der Waals surface area contributed by atoms with Gasteiger partial charge in [-0.05, 0) is 13.1 Å². The predicted molar refractivity (Wildman–Crippen MR) is 61.8 cm³/mol. The van der Waals surface area contributed by atoms with Crippen molar-refractivity contribution in [2.75, 3.05) is 20.1 Å². The normalized spacial score (nSPS) is 11.0. The first-order valence-electron chi connectivity index (χ1n) is 5.22. The maximum absolute atomic E-state index is 5.45. The van der Waals surface area contributed by atoms with E-state index in [4.69, 9.17) is 4.42 Å². The van der Waals surface area contributed by atoms with Gasteiger partial charge < -0.3 is 15.1 Å². The van der Waals surface area contributed by atoms with Gasteiger partial charge in [0.05, 0.1) is 6.26 Å². The van der Waals surface area contributed by atoms with Gasteiger partial charge in [0, 0.05) is 30.6 Å². The molecule has 0 saturated heterocycles. The second kappa shape index (κ2) is 4.96. The first-order valence-corrected chi connectivity index (χ1v) is 5.22. The third-order valence-corrected chi connectivity index (χ3v) is 2.43. The molecule has 0 aliphatic carbocycles. The van der Waals surface area contributed by atoms with Gasteiger partial charge >= 0.3 is 0 Å². The van der Waals surface area contributed by atoms with Crippen LogP contribution in [0, 0.1) is 0 Å². The standard InChI is InChI=1S/C12H16N2O/c1-13-6-7-14-8-10-9-15-12-5-3-2-4-11(10)12/h2-5,9,13-14H,6-8H2,1H3. The van der Waals surface area contributed by atoms with Crippen molar-refractivity contribution in [2.24, 2.45) is 0 Å². The van der Waals surface area contributed by atoms with Crippen LogP contribution in [0.4, 0.5) is 0 Å². The molecule has 0 spiro atoms. The number of likely N-dealkylation sites (N-methyl/N-ethyl adjacent to an activating group) is 1. The minimum atomic E-state index is 0.860. The smallest absolute Gasteiger partial charge is 0.134 e. The van der Waals surface area contributed by atoms with E-state index in [0.717, 1.165) is 25.2 Å². The molecule has 80 valence electrons. The number of fused-ring (bicyclic) bond motifs is 1. The zero-order valence-corrected chi connectivity index (χ0v) is 8.92. The third-order valence-electron chi connectivity index (χ3n) is 2.43. The second-order valence-corrected chi connectivity index (χ2v) is 3.54. The lowest BCUT2D eigenvalue weighted by Gasteiger charge is -2.01. The largest absolute Gasteiger partial charge is 0.464 e. The summed E-state index contributed by atoms with van der Waals surface area (Å²) in [6.45, 7) is 2.81. The van der Waals surface area contributed by atoms with Crippen molar-refractivity contribution in [1.29, 1.82) is 0 Å². The van der Waals surface area contributed by atoms with Gasteiger partial charge in [0.25, 0.3) is 0 Å². The van der Waals surface area contributed by atoms with Crippen molar-refractivity contribution in [2.45, 2.75) is 6.54 Å². The highest BCUT2D eigenvalue weighted by Gasteiger charge is 2.03. The van der Waals surface area contributed by atoms with Crippen LogP contribution in [0.2, 0.25) is 0 Å². The van der Waals surface area contributed by atoms with E-state index in [1.165, 1.54) is 10.9 Å². The van der Waals surface area contributed by atoms with Crippen LogP contribution >= 0.6 is 0 Å². The Hall–Kier alpha value is -1.32. The molecule has 0 unspecified atom stereocenters. The topological polar surface area (TPSA) is 37.2 Å². The first-order chi connectivity index (χ1) is 7.42. The first kappa shape index (κ1) is 10.2. The van der Waals surface area contributed by atoms with Crippen LogP contribution in [-0.2, 0) is 6.54 Å². The molecule has 0 atom stereocenters. The predicted octanol–water partition coefficient (Wildman–Crippen LogP) is 1.74. The summed E-state index contributed by atoms with van der Waals surface area (Å²) in [6, 6.07) is 8.11. The molecule has 0 bridgehead atoms. The number of hydrogen-bond acceptors (Lipinski definition) is 3. The fourth-order valence-electron chi connectivity index (χ4n) is 1.61.